The summed E-state index contributed by atoms with van der Waals surface area (Å²) >= 11 is 8.65. The highest BCUT2D eigenvalue weighted by atomic mass is 35.5. The van der Waals surface area contributed by atoms with Crippen molar-refractivity contribution in [3.05, 3.63) is 79.3 Å². The van der Waals surface area contributed by atoms with Gasteiger partial charge in [-0.25, -0.2) is 0 Å². The van der Waals surface area contributed by atoms with Crippen LogP contribution in [-0.2, 0) is 17.9 Å². The summed E-state index contributed by atoms with van der Waals surface area (Å²) in [6, 6.07) is 8.69. The zero-order valence-corrected chi connectivity index (χ0v) is 23.6. The van der Waals surface area contributed by atoms with E-state index in [1.54, 1.807) is 46.8 Å². The first-order valence-electron chi connectivity index (χ1n) is 12.2. The molecule has 0 aromatic carbocycles. The summed E-state index contributed by atoms with van der Waals surface area (Å²) in [6.07, 6.45) is 3.15. The van der Waals surface area contributed by atoms with Gasteiger partial charge >= 0.3 is 0 Å². The Labute approximate surface area is 237 Å². The molecular formula is C26H26ClN7O3S2. The molecule has 1 amide bonds. The van der Waals surface area contributed by atoms with E-state index in [2.05, 4.69) is 26.3 Å². The first kappa shape index (κ1) is 27.0. The maximum absolute atomic E-state index is 13.7. The summed E-state index contributed by atoms with van der Waals surface area (Å²) in [4.78, 5) is 44.8. The van der Waals surface area contributed by atoms with Crippen molar-refractivity contribution >= 4 is 58.2 Å². The molecule has 5 rings (SSSR count). The minimum absolute atomic E-state index is 0.0876. The van der Waals surface area contributed by atoms with Crippen molar-refractivity contribution in [1.82, 2.24) is 28.5 Å². The fourth-order valence-corrected chi connectivity index (χ4v) is 5.81. The van der Waals surface area contributed by atoms with Gasteiger partial charge in [0.05, 0.1) is 16.4 Å². The van der Waals surface area contributed by atoms with E-state index in [4.69, 9.17) is 11.6 Å². The lowest BCUT2D eigenvalue weighted by molar-refractivity contribution is -0.133. The molecule has 4 aromatic heterocycles. The Morgan fingerprint density at radius 3 is 2.64 bits per heavy atom. The van der Waals surface area contributed by atoms with Gasteiger partial charge < -0.3 is 19.7 Å². The molecule has 1 aliphatic rings. The van der Waals surface area contributed by atoms with Crippen molar-refractivity contribution in [1.29, 1.82) is 0 Å². The number of halogens is 1. The van der Waals surface area contributed by atoms with Gasteiger partial charge in [0.2, 0.25) is 5.91 Å². The molecule has 0 radical (unpaired) electrons. The maximum atomic E-state index is 13.7. The Bertz CT molecular complexity index is 1570. The smallest absolute Gasteiger partial charge is 0.299 e. The largest absolute Gasteiger partial charge is 0.365 e. The predicted molar refractivity (Wildman–Crippen MR) is 155 cm³/mol. The average molecular weight is 584 g/mol. The lowest BCUT2D eigenvalue weighted by Gasteiger charge is -2.32. The highest BCUT2D eigenvalue weighted by Gasteiger charge is 2.24. The highest BCUT2D eigenvalue weighted by Crippen LogP contribution is 2.26. The van der Waals surface area contributed by atoms with Crippen molar-refractivity contribution in [2.75, 3.05) is 38.5 Å². The summed E-state index contributed by atoms with van der Waals surface area (Å²) in [5, 5.41) is 9.47. The van der Waals surface area contributed by atoms with Crippen molar-refractivity contribution in [3.8, 4) is 11.3 Å². The molecule has 0 aliphatic carbocycles. The quantitative estimate of drug-likeness (QED) is 0.338. The van der Waals surface area contributed by atoms with Crippen LogP contribution in [0.2, 0.25) is 4.34 Å². The van der Waals surface area contributed by atoms with E-state index in [-0.39, 0.29) is 29.4 Å². The Hall–Kier alpha value is -3.58. The van der Waals surface area contributed by atoms with Gasteiger partial charge in [0.25, 0.3) is 11.5 Å². The van der Waals surface area contributed by atoms with Gasteiger partial charge in [0.15, 0.2) is 0 Å². The summed E-state index contributed by atoms with van der Waals surface area (Å²) in [5.41, 5.74) is 0.934. The van der Waals surface area contributed by atoms with Gasteiger partial charge in [-0.2, -0.15) is 14.2 Å². The van der Waals surface area contributed by atoms with Crippen molar-refractivity contribution in [3.63, 3.8) is 0 Å². The van der Waals surface area contributed by atoms with E-state index in [0.29, 0.717) is 35.4 Å². The fraction of sp³-hybridized carbons (Fsp3) is 0.269. The van der Waals surface area contributed by atoms with Crippen molar-refractivity contribution in [2.24, 2.45) is 0 Å². The molecule has 1 saturated heterocycles. The molecule has 0 unspecified atom stereocenters. The van der Waals surface area contributed by atoms with Crippen LogP contribution in [0.5, 0.6) is 0 Å². The number of rotatable bonds is 8. The number of thiophene rings is 1. The number of hydrogen-bond donors (Lipinski definition) is 1. The van der Waals surface area contributed by atoms with E-state index in [0.717, 1.165) is 29.5 Å². The second-order valence-electron chi connectivity index (χ2n) is 9.04. The molecule has 0 saturated carbocycles. The molecule has 1 N–H and O–H groups in total. The Balaban J connectivity index is 1.50. The second-order valence-corrected chi connectivity index (χ2v) is 11.5. The van der Waals surface area contributed by atoms with Crippen molar-refractivity contribution < 1.29 is 9.59 Å². The van der Waals surface area contributed by atoms with E-state index >= 15 is 0 Å². The van der Waals surface area contributed by atoms with Gasteiger partial charge in [0.1, 0.15) is 23.8 Å². The van der Waals surface area contributed by atoms with Crippen molar-refractivity contribution in [2.45, 2.75) is 13.1 Å². The average Bonchev–Trinajstić information content (AvgIpc) is 3.70. The molecule has 39 heavy (non-hydrogen) atoms. The summed E-state index contributed by atoms with van der Waals surface area (Å²) < 4.78 is 7.39. The zero-order chi connectivity index (χ0) is 27.5. The molecule has 5 heterocycles. The standard InChI is InChI=1S/C26H26ClN7O3S2/c1-3-17-6-8-33(16-23(35)32-11-9-31(2)10-12-32)26(37)24(17)20-14-22(28-15-18-4-5-21(27)39-18)34(29-20)25(36)19-7-13-38-30-19/h3-8,13-14,28H,1,9-12,15-16H2,2H3. The van der Waals surface area contributed by atoms with Crippen LogP contribution >= 0.6 is 34.5 Å². The number of likely N-dealkylation sites (N-methyl/N-ethyl adjacent to an activating group) is 1. The molecule has 13 heteroatoms. The summed E-state index contributed by atoms with van der Waals surface area (Å²) in [5.74, 6) is -0.162. The molecule has 10 nitrogen and oxygen atoms in total. The number of nitrogens with one attached hydrogen (secondary N) is 1. The molecule has 1 fully saturated rings. The normalized spacial score (nSPS) is 13.9. The van der Waals surface area contributed by atoms with Crippen LogP contribution in [0.4, 0.5) is 5.82 Å². The Kier molecular flexibility index (Phi) is 8.07. The lowest BCUT2D eigenvalue weighted by atomic mass is 10.1. The molecule has 0 bridgehead atoms. The van der Waals surface area contributed by atoms with Crippen LogP contribution < -0.4 is 10.9 Å². The minimum atomic E-state index is -0.434. The maximum Gasteiger partial charge on any atom is 0.299 e. The number of aromatic nitrogens is 4. The zero-order valence-electron chi connectivity index (χ0n) is 21.2. The van der Waals surface area contributed by atoms with Gasteiger partial charge in [-0.05, 0) is 48.4 Å². The van der Waals surface area contributed by atoms with Crippen LogP contribution in [0, 0.1) is 0 Å². The molecule has 0 atom stereocenters. The predicted octanol–water partition coefficient (Wildman–Crippen LogP) is 3.60. The third kappa shape index (κ3) is 5.88. The summed E-state index contributed by atoms with van der Waals surface area (Å²) in [6.45, 7) is 6.99. The molecule has 4 aromatic rings. The van der Waals surface area contributed by atoms with Gasteiger partial charge in [-0.3, -0.25) is 14.4 Å². The van der Waals surface area contributed by atoms with E-state index < -0.39 is 11.5 Å². The topological polar surface area (TPSA) is 105 Å². The Morgan fingerprint density at radius 1 is 1.18 bits per heavy atom. The summed E-state index contributed by atoms with van der Waals surface area (Å²) in [7, 11) is 2.02. The van der Waals surface area contributed by atoms with Gasteiger partial charge in [0, 0.05) is 48.7 Å². The Morgan fingerprint density at radius 2 is 1.97 bits per heavy atom. The molecule has 202 valence electrons. The number of hydrogen-bond acceptors (Lipinski definition) is 9. The van der Waals surface area contributed by atoms with Gasteiger partial charge in [-0.15, -0.1) is 11.3 Å². The third-order valence-corrected chi connectivity index (χ3v) is 8.26. The van der Waals surface area contributed by atoms with Crippen LogP contribution in [-0.4, -0.2) is 73.6 Å². The van der Waals surface area contributed by atoms with Crippen LogP contribution in [0.25, 0.3) is 17.3 Å². The lowest BCUT2D eigenvalue weighted by Crippen LogP contribution is -2.48. The van der Waals surface area contributed by atoms with Gasteiger partial charge in [-0.1, -0.05) is 24.3 Å². The minimum Gasteiger partial charge on any atom is -0.365 e. The number of nitrogens with zero attached hydrogens (tertiary/aromatic N) is 6. The number of anilines is 1. The second kappa shape index (κ2) is 11.7. The van der Waals surface area contributed by atoms with Crippen LogP contribution in [0.3, 0.4) is 0 Å². The van der Waals surface area contributed by atoms with E-state index in [1.165, 1.54) is 20.6 Å². The number of pyridine rings is 1. The van der Waals surface area contributed by atoms with E-state index in [9.17, 15) is 14.4 Å². The number of carbonyl (C=O) groups excluding carboxylic acids is 2. The SMILES string of the molecule is C=Cc1ccn(CC(=O)N2CCN(C)CC2)c(=O)c1-c1cc(NCc2ccc(Cl)s2)n(C(=O)c2ccsn2)n1. The first-order valence-corrected chi connectivity index (χ1v) is 14.2. The van der Waals surface area contributed by atoms with Crippen LogP contribution in [0.1, 0.15) is 20.9 Å². The molecular weight excluding hydrogens is 558 g/mol. The monoisotopic (exact) mass is 583 g/mol. The number of amides is 1. The highest BCUT2D eigenvalue weighted by molar-refractivity contribution is 7.16. The van der Waals surface area contributed by atoms with Crippen LogP contribution in [0.15, 0.2) is 53.3 Å². The first-order chi connectivity index (χ1) is 18.8. The fourth-order valence-electron chi connectivity index (χ4n) is 4.28. The molecule has 0 spiro atoms. The third-order valence-electron chi connectivity index (χ3n) is 6.47. The van der Waals surface area contributed by atoms with E-state index in [1.807, 2.05) is 13.1 Å². The number of piperazine rings is 1. The number of carbonyl (C=O) groups is 2. The molecule has 1 aliphatic heterocycles.